The van der Waals surface area contributed by atoms with E-state index in [9.17, 15) is 9.59 Å². The van der Waals surface area contributed by atoms with E-state index in [4.69, 9.17) is 4.74 Å². The molecule has 2 rings (SSSR count). The Balaban J connectivity index is 1.83. The Morgan fingerprint density at radius 3 is 2.68 bits per heavy atom. The van der Waals surface area contributed by atoms with Crippen LogP contribution in [0, 0.1) is 0 Å². The number of hydrogen-bond donors (Lipinski definition) is 0. The number of hydrogen-bond acceptors (Lipinski definition) is 3. The van der Waals surface area contributed by atoms with Crippen LogP contribution in [0.15, 0.2) is 24.3 Å². The van der Waals surface area contributed by atoms with Gasteiger partial charge in [0.15, 0.2) is 5.78 Å². The van der Waals surface area contributed by atoms with E-state index in [1.165, 1.54) is 0 Å². The third-order valence-electron chi connectivity index (χ3n) is 3.39. The van der Waals surface area contributed by atoms with Crippen LogP contribution in [0.4, 0.5) is 0 Å². The lowest BCUT2D eigenvalue weighted by molar-refractivity contribution is -0.137. The highest BCUT2D eigenvalue weighted by Crippen LogP contribution is 2.14. The van der Waals surface area contributed by atoms with Crippen LogP contribution >= 0.6 is 0 Å². The Morgan fingerprint density at radius 1 is 1.32 bits per heavy atom. The number of carbonyl (C=O) groups excluding carboxylic acids is 2. The van der Waals surface area contributed by atoms with E-state index in [-0.39, 0.29) is 11.7 Å². The van der Waals surface area contributed by atoms with E-state index in [2.05, 4.69) is 0 Å². The number of aryl methyl sites for hydroxylation is 1. The Bertz CT molecular complexity index is 453. The highest BCUT2D eigenvalue weighted by molar-refractivity contribution is 5.87. The van der Waals surface area contributed by atoms with Crippen LogP contribution in [0.25, 0.3) is 0 Å². The second-order valence-corrected chi connectivity index (χ2v) is 4.81. The summed E-state index contributed by atoms with van der Waals surface area (Å²) in [4.78, 5) is 25.0. The molecule has 0 bridgehead atoms. The number of methoxy groups -OCH3 is 1. The molecule has 0 saturated carbocycles. The van der Waals surface area contributed by atoms with Crippen molar-refractivity contribution in [2.24, 2.45) is 0 Å². The van der Waals surface area contributed by atoms with E-state index < -0.39 is 0 Å². The molecule has 1 aliphatic rings. The highest BCUT2D eigenvalue weighted by Gasteiger charge is 2.20. The number of carbonyl (C=O) groups is 2. The lowest BCUT2D eigenvalue weighted by atomic mass is 10.1. The SMILES string of the molecule is COc1ccc(CCC(=O)N2CCCC(=O)C2)cc1. The van der Waals surface area contributed by atoms with Crippen molar-refractivity contribution in [2.45, 2.75) is 25.7 Å². The van der Waals surface area contributed by atoms with Crippen molar-refractivity contribution < 1.29 is 14.3 Å². The molecule has 0 radical (unpaired) electrons. The molecule has 1 aliphatic heterocycles. The minimum Gasteiger partial charge on any atom is -0.497 e. The summed E-state index contributed by atoms with van der Waals surface area (Å²) in [6.45, 7) is 1.01. The molecule has 1 amide bonds. The first kappa shape index (κ1) is 13.6. The summed E-state index contributed by atoms with van der Waals surface area (Å²) in [6.07, 6.45) is 2.57. The summed E-state index contributed by atoms with van der Waals surface area (Å²) < 4.78 is 5.09. The smallest absolute Gasteiger partial charge is 0.223 e. The molecule has 19 heavy (non-hydrogen) atoms. The van der Waals surface area contributed by atoms with Gasteiger partial charge in [-0.2, -0.15) is 0 Å². The second-order valence-electron chi connectivity index (χ2n) is 4.81. The van der Waals surface area contributed by atoms with Crippen molar-refractivity contribution in [3.05, 3.63) is 29.8 Å². The Hall–Kier alpha value is -1.84. The fraction of sp³-hybridized carbons (Fsp3) is 0.467. The predicted molar refractivity (Wildman–Crippen MR) is 72.1 cm³/mol. The molecule has 0 spiro atoms. The van der Waals surface area contributed by atoms with Gasteiger partial charge < -0.3 is 9.64 Å². The van der Waals surface area contributed by atoms with E-state index in [1.807, 2.05) is 24.3 Å². The van der Waals surface area contributed by atoms with E-state index in [0.29, 0.717) is 32.4 Å². The monoisotopic (exact) mass is 261 g/mol. The fourth-order valence-corrected chi connectivity index (χ4v) is 2.25. The van der Waals surface area contributed by atoms with E-state index >= 15 is 0 Å². The average molecular weight is 261 g/mol. The van der Waals surface area contributed by atoms with Crippen LogP contribution in [-0.2, 0) is 16.0 Å². The minimum absolute atomic E-state index is 0.0730. The number of benzene rings is 1. The van der Waals surface area contributed by atoms with Crippen molar-refractivity contribution in [2.75, 3.05) is 20.2 Å². The zero-order valence-electron chi connectivity index (χ0n) is 11.2. The summed E-state index contributed by atoms with van der Waals surface area (Å²) in [5.74, 6) is 1.06. The number of piperidine rings is 1. The van der Waals surface area contributed by atoms with Gasteiger partial charge in [-0.15, -0.1) is 0 Å². The highest BCUT2D eigenvalue weighted by atomic mass is 16.5. The van der Waals surface area contributed by atoms with Gasteiger partial charge >= 0.3 is 0 Å². The van der Waals surface area contributed by atoms with Gasteiger partial charge in [0, 0.05) is 19.4 Å². The van der Waals surface area contributed by atoms with Crippen molar-refractivity contribution in [1.29, 1.82) is 0 Å². The van der Waals surface area contributed by atoms with Crippen molar-refractivity contribution in [3.8, 4) is 5.75 Å². The Morgan fingerprint density at radius 2 is 2.05 bits per heavy atom. The largest absolute Gasteiger partial charge is 0.497 e. The van der Waals surface area contributed by atoms with Gasteiger partial charge in [-0.25, -0.2) is 0 Å². The fourth-order valence-electron chi connectivity index (χ4n) is 2.25. The molecular formula is C15H19NO3. The van der Waals surface area contributed by atoms with Crippen molar-refractivity contribution in [3.63, 3.8) is 0 Å². The molecule has 0 N–H and O–H groups in total. The standard InChI is InChI=1S/C15H19NO3/c1-19-14-7-4-12(5-8-14)6-9-15(18)16-10-2-3-13(17)11-16/h4-5,7-8H,2-3,6,9-11H2,1H3. The molecule has 102 valence electrons. The molecule has 4 nitrogen and oxygen atoms in total. The van der Waals surface area contributed by atoms with Crippen LogP contribution in [0.3, 0.4) is 0 Å². The molecule has 1 aromatic carbocycles. The van der Waals surface area contributed by atoms with Gasteiger partial charge in [0.05, 0.1) is 13.7 Å². The van der Waals surface area contributed by atoms with Crippen LogP contribution in [0.5, 0.6) is 5.75 Å². The lowest BCUT2D eigenvalue weighted by Crippen LogP contribution is -2.40. The second kappa shape index (κ2) is 6.36. The summed E-state index contributed by atoms with van der Waals surface area (Å²) >= 11 is 0. The molecule has 4 heteroatoms. The number of ketones is 1. The molecule has 0 atom stereocenters. The molecule has 0 aromatic heterocycles. The molecule has 1 fully saturated rings. The first-order chi connectivity index (χ1) is 9.19. The maximum Gasteiger partial charge on any atom is 0.223 e. The van der Waals surface area contributed by atoms with Gasteiger partial charge in [-0.1, -0.05) is 12.1 Å². The summed E-state index contributed by atoms with van der Waals surface area (Å²) in [7, 11) is 1.63. The van der Waals surface area contributed by atoms with E-state index in [1.54, 1.807) is 12.0 Å². The predicted octanol–water partition coefficient (Wildman–Crippen LogP) is 1.82. The maximum atomic E-state index is 12.0. The van der Waals surface area contributed by atoms with Crippen LogP contribution in [-0.4, -0.2) is 36.8 Å². The normalized spacial score (nSPS) is 15.4. The summed E-state index contributed by atoms with van der Waals surface area (Å²) in [5, 5.41) is 0. The minimum atomic E-state index is 0.0730. The van der Waals surface area contributed by atoms with Gasteiger partial charge in [0.2, 0.25) is 5.91 Å². The van der Waals surface area contributed by atoms with Gasteiger partial charge in [-0.3, -0.25) is 9.59 Å². The van der Waals surface area contributed by atoms with Crippen molar-refractivity contribution in [1.82, 2.24) is 4.90 Å². The van der Waals surface area contributed by atoms with Crippen molar-refractivity contribution >= 4 is 11.7 Å². The van der Waals surface area contributed by atoms with Crippen LogP contribution < -0.4 is 4.74 Å². The van der Waals surface area contributed by atoms with Gasteiger partial charge in [-0.05, 0) is 30.5 Å². The first-order valence-electron chi connectivity index (χ1n) is 6.61. The van der Waals surface area contributed by atoms with Crippen LogP contribution in [0.1, 0.15) is 24.8 Å². The topological polar surface area (TPSA) is 46.6 Å². The van der Waals surface area contributed by atoms with Gasteiger partial charge in [0.25, 0.3) is 0 Å². The Labute approximate surface area is 113 Å². The third-order valence-corrected chi connectivity index (χ3v) is 3.39. The van der Waals surface area contributed by atoms with Gasteiger partial charge in [0.1, 0.15) is 5.75 Å². The number of likely N-dealkylation sites (tertiary alicyclic amines) is 1. The number of nitrogens with zero attached hydrogens (tertiary/aromatic N) is 1. The maximum absolute atomic E-state index is 12.0. The molecule has 1 aromatic rings. The number of ether oxygens (including phenoxy) is 1. The first-order valence-corrected chi connectivity index (χ1v) is 6.61. The number of Topliss-reactive ketones (excluding diaryl/α,β-unsaturated/α-hetero) is 1. The lowest BCUT2D eigenvalue weighted by Gasteiger charge is -2.25. The number of rotatable bonds is 4. The molecule has 1 heterocycles. The summed E-state index contributed by atoms with van der Waals surface area (Å²) in [5.41, 5.74) is 1.11. The van der Waals surface area contributed by atoms with E-state index in [0.717, 1.165) is 17.7 Å². The Kier molecular flexibility index (Phi) is 4.55. The third kappa shape index (κ3) is 3.81. The zero-order valence-corrected chi connectivity index (χ0v) is 11.2. The average Bonchev–Trinajstić information content (AvgIpc) is 2.45. The molecule has 0 aliphatic carbocycles. The quantitative estimate of drug-likeness (QED) is 0.830. The number of amides is 1. The molecular weight excluding hydrogens is 242 g/mol. The molecule has 1 saturated heterocycles. The zero-order chi connectivity index (χ0) is 13.7. The summed E-state index contributed by atoms with van der Waals surface area (Å²) in [6, 6.07) is 7.72. The molecule has 0 unspecified atom stereocenters. The van der Waals surface area contributed by atoms with Crippen LogP contribution in [0.2, 0.25) is 0 Å².